The predicted molar refractivity (Wildman–Crippen MR) is 75.9 cm³/mol. The number of nitrogens with one attached hydrogen (secondary N) is 1. The van der Waals surface area contributed by atoms with Crippen LogP contribution < -0.4 is 11.1 Å². The van der Waals surface area contributed by atoms with Crippen molar-refractivity contribution in [2.24, 2.45) is 0 Å². The van der Waals surface area contributed by atoms with Crippen molar-refractivity contribution < 1.29 is 0 Å². The molecule has 0 aliphatic heterocycles. The van der Waals surface area contributed by atoms with Crippen LogP contribution in [0.25, 0.3) is 10.8 Å². The average Bonchev–Trinajstić information content (AvgIpc) is 2.42. The van der Waals surface area contributed by atoms with Crippen molar-refractivity contribution in [2.75, 3.05) is 11.1 Å². The topological polar surface area (TPSA) is 50.9 Å². The number of pyridine rings is 1. The van der Waals surface area contributed by atoms with Gasteiger partial charge in [0.15, 0.2) is 0 Å². The summed E-state index contributed by atoms with van der Waals surface area (Å²) in [5, 5.41) is 5.59. The largest absolute Gasteiger partial charge is 0.397 e. The van der Waals surface area contributed by atoms with Gasteiger partial charge in [-0.05, 0) is 29.7 Å². The van der Waals surface area contributed by atoms with Crippen LogP contribution in [-0.2, 0) is 0 Å². The molecule has 2 aromatic carbocycles. The minimum absolute atomic E-state index is 0.735. The third kappa shape index (κ3) is 1.86. The highest BCUT2D eigenvalue weighted by Gasteiger charge is 2.02. The Hall–Kier alpha value is -2.55. The second kappa shape index (κ2) is 4.37. The first-order valence-corrected chi connectivity index (χ1v) is 5.79. The number of nitrogens with two attached hydrogens (primary N) is 1. The lowest BCUT2D eigenvalue weighted by Gasteiger charge is -2.11. The second-order valence-corrected chi connectivity index (χ2v) is 4.11. The van der Waals surface area contributed by atoms with E-state index in [0.29, 0.717) is 0 Å². The van der Waals surface area contributed by atoms with Gasteiger partial charge in [0.05, 0.1) is 11.4 Å². The van der Waals surface area contributed by atoms with Gasteiger partial charge in [-0.2, -0.15) is 0 Å². The molecular weight excluding hydrogens is 222 g/mol. The molecule has 0 saturated heterocycles. The maximum Gasteiger partial charge on any atom is 0.0618 e. The number of fused-ring (bicyclic) bond motifs is 1. The van der Waals surface area contributed by atoms with E-state index in [1.165, 1.54) is 0 Å². The minimum Gasteiger partial charge on any atom is -0.397 e. The standard InChI is InChI=1S/C15H13N3/c16-13-5-1-2-6-15(13)18-14-7-3-4-11-8-9-17-10-12(11)14/h1-10,18H,16H2. The Morgan fingerprint density at radius 2 is 1.72 bits per heavy atom. The summed E-state index contributed by atoms with van der Waals surface area (Å²) in [6, 6.07) is 15.8. The molecule has 1 heterocycles. The smallest absolute Gasteiger partial charge is 0.0618 e. The van der Waals surface area contributed by atoms with E-state index in [2.05, 4.69) is 16.4 Å². The molecule has 1 aromatic heterocycles. The molecule has 3 rings (SSSR count). The quantitative estimate of drug-likeness (QED) is 0.668. The normalized spacial score (nSPS) is 10.4. The van der Waals surface area contributed by atoms with Gasteiger partial charge in [0.1, 0.15) is 0 Å². The number of aromatic nitrogens is 1. The molecule has 0 bridgehead atoms. The number of para-hydroxylation sites is 2. The summed E-state index contributed by atoms with van der Waals surface area (Å²) < 4.78 is 0. The molecule has 3 nitrogen and oxygen atoms in total. The SMILES string of the molecule is Nc1ccccc1Nc1cccc2ccncc12. The van der Waals surface area contributed by atoms with Crippen LogP contribution in [0.5, 0.6) is 0 Å². The maximum atomic E-state index is 5.93. The third-order valence-corrected chi connectivity index (χ3v) is 2.91. The first kappa shape index (κ1) is 10.6. The van der Waals surface area contributed by atoms with E-state index in [1.54, 1.807) is 6.20 Å². The molecule has 3 aromatic rings. The Balaban J connectivity index is 2.08. The lowest BCUT2D eigenvalue weighted by atomic mass is 10.1. The van der Waals surface area contributed by atoms with Crippen molar-refractivity contribution in [1.29, 1.82) is 0 Å². The van der Waals surface area contributed by atoms with Gasteiger partial charge in [0.2, 0.25) is 0 Å². The highest BCUT2D eigenvalue weighted by atomic mass is 14.9. The Bertz CT molecular complexity index is 687. The van der Waals surface area contributed by atoms with Crippen LogP contribution in [-0.4, -0.2) is 4.98 Å². The molecule has 0 radical (unpaired) electrons. The first-order valence-electron chi connectivity index (χ1n) is 5.79. The van der Waals surface area contributed by atoms with E-state index in [9.17, 15) is 0 Å². The zero-order valence-electron chi connectivity index (χ0n) is 9.80. The second-order valence-electron chi connectivity index (χ2n) is 4.11. The van der Waals surface area contributed by atoms with Crippen LogP contribution in [0.2, 0.25) is 0 Å². The molecule has 0 saturated carbocycles. The minimum atomic E-state index is 0.735. The highest BCUT2D eigenvalue weighted by molar-refractivity contribution is 5.95. The summed E-state index contributed by atoms with van der Waals surface area (Å²) in [7, 11) is 0. The number of hydrogen-bond acceptors (Lipinski definition) is 3. The zero-order chi connectivity index (χ0) is 12.4. The Morgan fingerprint density at radius 3 is 2.61 bits per heavy atom. The van der Waals surface area contributed by atoms with Crippen LogP contribution >= 0.6 is 0 Å². The van der Waals surface area contributed by atoms with Crippen LogP contribution in [0.4, 0.5) is 17.1 Å². The van der Waals surface area contributed by atoms with Crippen molar-refractivity contribution in [1.82, 2.24) is 4.98 Å². The van der Waals surface area contributed by atoms with E-state index in [1.807, 2.05) is 48.7 Å². The Labute approximate surface area is 105 Å². The van der Waals surface area contributed by atoms with E-state index in [0.717, 1.165) is 27.8 Å². The molecule has 0 unspecified atom stereocenters. The van der Waals surface area contributed by atoms with E-state index in [-0.39, 0.29) is 0 Å². The maximum absolute atomic E-state index is 5.93. The Morgan fingerprint density at radius 1 is 0.889 bits per heavy atom. The highest BCUT2D eigenvalue weighted by Crippen LogP contribution is 2.28. The van der Waals surface area contributed by atoms with Crippen LogP contribution in [0, 0.1) is 0 Å². The summed E-state index contributed by atoms with van der Waals surface area (Å²) >= 11 is 0. The van der Waals surface area contributed by atoms with Crippen molar-refractivity contribution in [3.63, 3.8) is 0 Å². The third-order valence-electron chi connectivity index (χ3n) is 2.91. The van der Waals surface area contributed by atoms with Crippen molar-refractivity contribution in [3.05, 3.63) is 60.9 Å². The van der Waals surface area contributed by atoms with Crippen molar-refractivity contribution in [3.8, 4) is 0 Å². The molecule has 0 spiro atoms. The van der Waals surface area contributed by atoms with Gasteiger partial charge in [0.25, 0.3) is 0 Å². The molecule has 18 heavy (non-hydrogen) atoms. The Kier molecular flexibility index (Phi) is 2.57. The van der Waals surface area contributed by atoms with Gasteiger partial charge in [-0.3, -0.25) is 4.98 Å². The summed E-state index contributed by atoms with van der Waals surface area (Å²) in [6.07, 6.45) is 3.65. The monoisotopic (exact) mass is 235 g/mol. The molecule has 0 aliphatic rings. The number of hydrogen-bond donors (Lipinski definition) is 2. The van der Waals surface area contributed by atoms with Gasteiger partial charge < -0.3 is 11.1 Å². The predicted octanol–water partition coefficient (Wildman–Crippen LogP) is 3.56. The van der Waals surface area contributed by atoms with E-state index in [4.69, 9.17) is 5.73 Å². The summed E-state index contributed by atoms with van der Waals surface area (Å²) in [5.41, 5.74) is 8.59. The number of anilines is 3. The fourth-order valence-electron chi connectivity index (χ4n) is 1.98. The molecular formula is C15H13N3. The lowest BCUT2D eigenvalue weighted by Crippen LogP contribution is -1.96. The van der Waals surface area contributed by atoms with Crippen molar-refractivity contribution >= 4 is 27.8 Å². The van der Waals surface area contributed by atoms with Gasteiger partial charge in [0, 0.05) is 23.5 Å². The number of nitrogen functional groups attached to an aromatic ring is 1. The molecule has 0 aliphatic carbocycles. The van der Waals surface area contributed by atoms with Crippen LogP contribution in [0.1, 0.15) is 0 Å². The van der Waals surface area contributed by atoms with Gasteiger partial charge in [-0.15, -0.1) is 0 Å². The zero-order valence-corrected chi connectivity index (χ0v) is 9.80. The van der Waals surface area contributed by atoms with E-state index < -0.39 is 0 Å². The number of nitrogens with zero attached hydrogens (tertiary/aromatic N) is 1. The molecule has 0 fully saturated rings. The fraction of sp³-hybridized carbons (Fsp3) is 0. The molecule has 0 atom stereocenters. The summed E-state index contributed by atoms with van der Waals surface area (Å²) in [6.45, 7) is 0. The average molecular weight is 235 g/mol. The molecule has 3 heteroatoms. The van der Waals surface area contributed by atoms with Gasteiger partial charge >= 0.3 is 0 Å². The summed E-state index contributed by atoms with van der Waals surface area (Å²) in [4.78, 5) is 4.17. The fourth-order valence-corrected chi connectivity index (χ4v) is 1.98. The van der Waals surface area contributed by atoms with Gasteiger partial charge in [-0.25, -0.2) is 0 Å². The molecule has 3 N–H and O–H groups in total. The molecule has 88 valence electrons. The van der Waals surface area contributed by atoms with Gasteiger partial charge in [-0.1, -0.05) is 24.3 Å². The van der Waals surface area contributed by atoms with Crippen LogP contribution in [0.3, 0.4) is 0 Å². The lowest BCUT2D eigenvalue weighted by molar-refractivity contribution is 1.36. The molecule has 0 amide bonds. The van der Waals surface area contributed by atoms with Crippen molar-refractivity contribution in [2.45, 2.75) is 0 Å². The number of rotatable bonds is 2. The first-order chi connectivity index (χ1) is 8.84. The van der Waals surface area contributed by atoms with E-state index >= 15 is 0 Å². The number of benzene rings is 2. The summed E-state index contributed by atoms with van der Waals surface area (Å²) in [5.74, 6) is 0. The van der Waals surface area contributed by atoms with Crippen LogP contribution in [0.15, 0.2) is 60.9 Å².